The predicted molar refractivity (Wildman–Crippen MR) is 98.7 cm³/mol. The van der Waals surface area contributed by atoms with E-state index in [0.717, 1.165) is 5.56 Å². The average Bonchev–Trinajstić information content (AvgIpc) is 2.67. The minimum Gasteiger partial charge on any atom is -0.488 e. The van der Waals surface area contributed by atoms with Crippen LogP contribution in [0.15, 0.2) is 84.0 Å². The Labute approximate surface area is 150 Å². The summed E-state index contributed by atoms with van der Waals surface area (Å²) in [6.07, 6.45) is 1.38. The Kier molecular flexibility index (Phi) is 5.72. The summed E-state index contributed by atoms with van der Waals surface area (Å²) >= 11 is 0. The fraction of sp³-hybridized carbons (Fsp3) is 0.0476. The van der Waals surface area contributed by atoms with Crippen LogP contribution in [0.5, 0.6) is 5.75 Å². The third-order valence-corrected chi connectivity index (χ3v) is 3.60. The highest BCUT2D eigenvalue weighted by Gasteiger charge is 2.11. The molecule has 0 saturated carbocycles. The number of hydrogen-bond donors (Lipinski definition) is 1. The zero-order chi connectivity index (χ0) is 18.2. The first-order chi connectivity index (χ1) is 12.7. The molecule has 0 heterocycles. The molecule has 0 saturated heterocycles. The molecule has 0 radical (unpaired) electrons. The first kappa shape index (κ1) is 17.4. The molecule has 0 aromatic heterocycles. The molecule has 0 unspecified atom stereocenters. The average molecular weight is 348 g/mol. The molecule has 1 N–H and O–H groups in total. The molecular formula is C21H17FN2O2. The van der Waals surface area contributed by atoms with Gasteiger partial charge in [-0.3, -0.25) is 4.79 Å². The highest BCUT2D eigenvalue weighted by Crippen LogP contribution is 2.19. The molecule has 0 atom stereocenters. The largest absolute Gasteiger partial charge is 0.488 e. The highest BCUT2D eigenvalue weighted by molar-refractivity contribution is 5.97. The number of carbonyl (C=O) groups excluding carboxylic acids is 1. The maximum absolute atomic E-state index is 13.1. The lowest BCUT2D eigenvalue weighted by molar-refractivity contribution is 0.0950. The lowest BCUT2D eigenvalue weighted by Crippen LogP contribution is -2.18. The summed E-state index contributed by atoms with van der Waals surface area (Å²) in [4.78, 5) is 12.4. The Bertz CT molecular complexity index is 911. The molecular weight excluding hydrogens is 331 g/mol. The van der Waals surface area contributed by atoms with Crippen LogP contribution in [0.3, 0.4) is 0 Å². The fourth-order valence-electron chi connectivity index (χ4n) is 2.33. The van der Waals surface area contributed by atoms with Gasteiger partial charge in [-0.05, 0) is 35.4 Å². The summed E-state index contributed by atoms with van der Waals surface area (Å²) in [5.74, 6) is -0.295. The summed E-state index contributed by atoms with van der Waals surface area (Å²) in [6.45, 7) is 0.359. The quantitative estimate of drug-likeness (QED) is 0.537. The molecule has 0 aliphatic heterocycles. The molecule has 3 aromatic rings. The van der Waals surface area contributed by atoms with E-state index in [0.29, 0.717) is 23.5 Å². The van der Waals surface area contributed by atoms with Crippen molar-refractivity contribution in [2.45, 2.75) is 6.61 Å². The number of benzene rings is 3. The van der Waals surface area contributed by atoms with Gasteiger partial charge in [0.2, 0.25) is 0 Å². The monoisotopic (exact) mass is 348 g/mol. The third-order valence-electron chi connectivity index (χ3n) is 3.60. The number of para-hydroxylation sites is 1. The Hall–Kier alpha value is -3.47. The van der Waals surface area contributed by atoms with E-state index in [1.54, 1.807) is 36.4 Å². The van der Waals surface area contributed by atoms with Crippen molar-refractivity contribution in [1.82, 2.24) is 5.43 Å². The van der Waals surface area contributed by atoms with Crippen LogP contribution < -0.4 is 10.2 Å². The molecule has 0 spiro atoms. The zero-order valence-electron chi connectivity index (χ0n) is 13.9. The standard InChI is InChI=1S/C21H17FN2O2/c22-18-10-6-9-17(13-18)14-23-24-21(25)19-11-4-5-12-20(19)26-15-16-7-2-1-3-8-16/h1-14H,15H2,(H,24,25)/b23-14+. The van der Waals surface area contributed by atoms with Gasteiger partial charge in [-0.2, -0.15) is 5.10 Å². The van der Waals surface area contributed by atoms with Gasteiger partial charge >= 0.3 is 0 Å². The normalized spacial score (nSPS) is 10.7. The van der Waals surface area contributed by atoms with Gasteiger partial charge in [0.1, 0.15) is 18.2 Å². The number of carbonyl (C=O) groups is 1. The van der Waals surface area contributed by atoms with E-state index in [-0.39, 0.29) is 5.82 Å². The molecule has 5 heteroatoms. The minimum atomic E-state index is -0.402. The number of nitrogens with zero attached hydrogens (tertiary/aromatic N) is 1. The lowest BCUT2D eigenvalue weighted by atomic mass is 10.2. The molecule has 0 aliphatic rings. The van der Waals surface area contributed by atoms with Crippen LogP contribution in [-0.4, -0.2) is 12.1 Å². The van der Waals surface area contributed by atoms with Gasteiger partial charge in [0.15, 0.2) is 0 Å². The second kappa shape index (κ2) is 8.58. The van der Waals surface area contributed by atoms with Gasteiger partial charge in [-0.15, -0.1) is 0 Å². The van der Waals surface area contributed by atoms with Crippen LogP contribution in [0, 0.1) is 5.82 Å². The summed E-state index contributed by atoms with van der Waals surface area (Å²) in [6, 6.07) is 22.6. The molecule has 1 amide bonds. The topological polar surface area (TPSA) is 50.7 Å². The molecule has 4 nitrogen and oxygen atoms in total. The van der Waals surface area contributed by atoms with Crippen molar-refractivity contribution < 1.29 is 13.9 Å². The van der Waals surface area contributed by atoms with Gasteiger partial charge in [0.25, 0.3) is 5.91 Å². The maximum Gasteiger partial charge on any atom is 0.275 e. The Morgan fingerprint density at radius 1 is 1.00 bits per heavy atom. The van der Waals surface area contributed by atoms with E-state index in [9.17, 15) is 9.18 Å². The molecule has 130 valence electrons. The number of hydrazone groups is 1. The van der Waals surface area contributed by atoms with Crippen molar-refractivity contribution >= 4 is 12.1 Å². The fourth-order valence-corrected chi connectivity index (χ4v) is 2.33. The highest BCUT2D eigenvalue weighted by atomic mass is 19.1. The summed E-state index contributed by atoms with van der Waals surface area (Å²) in [5.41, 5.74) is 4.37. The van der Waals surface area contributed by atoms with E-state index in [1.165, 1.54) is 18.3 Å². The molecule has 0 fully saturated rings. The van der Waals surface area contributed by atoms with Gasteiger partial charge in [0, 0.05) is 0 Å². The number of hydrogen-bond acceptors (Lipinski definition) is 3. The first-order valence-corrected chi connectivity index (χ1v) is 8.07. The Balaban J connectivity index is 1.65. The summed E-state index contributed by atoms with van der Waals surface area (Å²) in [7, 11) is 0. The molecule has 3 rings (SSSR count). The maximum atomic E-state index is 13.1. The van der Waals surface area contributed by atoms with E-state index >= 15 is 0 Å². The third kappa shape index (κ3) is 4.77. The second-order valence-corrected chi connectivity index (χ2v) is 5.52. The Morgan fingerprint density at radius 3 is 2.58 bits per heavy atom. The van der Waals surface area contributed by atoms with Crippen molar-refractivity contribution in [3.05, 3.63) is 101 Å². The SMILES string of the molecule is O=C(N/N=C/c1cccc(F)c1)c1ccccc1OCc1ccccc1. The minimum absolute atomic E-state index is 0.359. The van der Waals surface area contributed by atoms with Crippen LogP contribution in [0.4, 0.5) is 4.39 Å². The van der Waals surface area contributed by atoms with Crippen LogP contribution >= 0.6 is 0 Å². The van der Waals surface area contributed by atoms with Crippen LogP contribution in [0.2, 0.25) is 0 Å². The van der Waals surface area contributed by atoms with E-state index in [4.69, 9.17) is 4.74 Å². The first-order valence-electron chi connectivity index (χ1n) is 8.07. The van der Waals surface area contributed by atoms with Gasteiger partial charge in [-0.1, -0.05) is 54.6 Å². The van der Waals surface area contributed by atoms with Crippen molar-refractivity contribution in [3.63, 3.8) is 0 Å². The molecule has 26 heavy (non-hydrogen) atoms. The zero-order valence-corrected chi connectivity index (χ0v) is 13.9. The Morgan fingerprint density at radius 2 is 1.77 bits per heavy atom. The van der Waals surface area contributed by atoms with E-state index < -0.39 is 5.91 Å². The number of rotatable bonds is 6. The second-order valence-electron chi connectivity index (χ2n) is 5.52. The van der Waals surface area contributed by atoms with Crippen molar-refractivity contribution in [2.75, 3.05) is 0 Å². The van der Waals surface area contributed by atoms with Crippen molar-refractivity contribution in [2.24, 2.45) is 5.10 Å². The van der Waals surface area contributed by atoms with Crippen LogP contribution in [0.25, 0.3) is 0 Å². The number of ether oxygens (including phenoxy) is 1. The number of halogens is 1. The van der Waals surface area contributed by atoms with Crippen LogP contribution in [0.1, 0.15) is 21.5 Å². The van der Waals surface area contributed by atoms with Gasteiger partial charge in [-0.25, -0.2) is 9.82 Å². The lowest BCUT2D eigenvalue weighted by Gasteiger charge is -2.10. The van der Waals surface area contributed by atoms with Gasteiger partial charge in [0.05, 0.1) is 11.8 Å². The number of amides is 1. The van der Waals surface area contributed by atoms with Crippen molar-refractivity contribution in [3.8, 4) is 5.75 Å². The van der Waals surface area contributed by atoms with Gasteiger partial charge < -0.3 is 4.74 Å². The molecule has 0 aliphatic carbocycles. The summed E-state index contributed by atoms with van der Waals surface area (Å²) < 4.78 is 18.9. The number of nitrogens with one attached hydrogen (secondary N) is 1. The van der Waals surface area contributed by atoms with Crippen LogP contribution in [-0.2, 0) is 6.61 Å². The molecule has 3 aromatic carbocycles. The predicted octanol–water partition coefficient (Wildman–Crippen LogP) is 4.17. The summed E-state index contributed by atoms with van der Waals surface area (Å²) in [5, 5.41) is 3.87. The molecule has 0 bridgehead atoms. The van der Waals surface area contributed by atoms with E-state index in [1.807, 2.05) is 30.3 Å². The smallest absolute Gasteiger partial charge is 0.275 e. The van der Waals surface area contributed by atoms with E-state index in [2.05, 4.69) is 10.5 Å². The van der Waals surface area contributed by atoms with Crippen molar-refractivity contribution in [1.29, 1.82) is 0 Å².